The Morgan fingerprint density at radius 1 is 0.500 bits per heavy atom. The number of esters is 1. The van der Waals surface area contributed by atoms with Gasteiger partial charge in [-0.1, -0.05) is 121 Å². The molecule has 0 N–H and O–H groups in total. The Morgan fingerprint density at radius 3 is 1.38 bits per heavy atom. The second-order valence-electron chi connectivity index (χ2n) is 9.72. The van der Waals surface area contributed by atoms with Gasteiger partial charge in [-0.25, -0.2) is 4.79 Å². The topological polar surface area (TPSA) is 63.2 Å². The number of carbonyl (C=O) groups is 1. The van der Waals surface area contributed by atoms with Crippen molar-refractivity contribution in [2.75, 3.05) is 6.61 Å². The van der Waals surface area contributed by atoms with Crippen LogP contribution in [0.5, 0.6) is 0 Å². The quantitative estimate of drug-likeness (QED) is 0.198. The average Bonchev–Trinajstić information content (AvgIpc) is 3.01. The molecule has 1 aliphatic rings. The van der Waals surface area contributed by atoms with E-state index in [0.717, 1.165) is 22.3 Å². The van der Waals surface area contributed by atoms with Crippen LogP contribution >= 0.6 is 0 Å². The Labute approximate surface area is 235 Å². The SMILES string of the molecule is O=C1O[C@H](COCc2ccccc2)[C@H](OCc2ccccc2)[C@H](OCc2ccccc2)[C@H]1OCc1ccccc1. The van der Waals surface area contributed by atoms with Crippen LogP contribution in [0.25, 0.3) is 0 Å². The van der Waals surface area contributed by atoms with Gasteiger partial charge in [0.05, 0.1) is 33.0 Å². The molecule has 0 spiro atoms. The van der Waals surface area contributed by atoms with Gasteiger partial charge in [-0.05, 0) is 22.3 Å². The molecule has 1 aliphatic heterocycles. The fourth-order valence-electron chi connectivity index (χ4n) is 4.64. The van der Waals surface area contributed by atoms with Crippen LogP contribution < -0.4 is 0 Å². The molecule has 1 saturated heterocycles. The van der Waals surface area contributed by atoms with Gasteiger partial charge in [0.2, 0.25) is 0 Å². The maximum Gasteiger partial charge on any atom is 0.338 e. The number of ether oxygens (including phenoxy) is 5. The Kier molecular flexibility index (Phi) is 10.1. The molecule has 1 fully saturated rings. The molecule has 0 unspecified atom stereocenters. The Morgan fingerprint density at radius 2 is 0.900 bits per heavy atom. The maximum atomic E-state index is 13.4. The van der Waals surface area contributed by atoms with Crippen LogP contribution in [0.1, 0.15) is 22.3 Å². The zero-order valence-corrected chi connectivity index (χ0v) is 22.3. The highest BCUT2D eigenvalue weighted by Gasteiger charge is 2.48. The van der Waals surface area contributed by atoms with Gasteiger partial charge in [-0.2, -0.15) is 0 Å². The summed E-state index contributed by atoms with van der Waals surface area (Å²) in [5.74, 6) is -0.484. The Bertz CT molecular complexity index is 1280. The minimum atomic E-state index is -0.963. The summed E-state index contributed by atoms with van der Waals surface area (Å²) in [6.45, 7) is 1.43. The lowest BCUT2D eigenvalue weighted by Gasteiger charge is -2.41. The van der Waals surface area contributed by atoms with Crippen LogP contribution in [0, 0.1) is 0 Å². The number of rotatable bonds is 13. The molecule has 5 rings (SSSR count). The van der Waals surface area contributed by atoms with Gasteiger partial charge in [-0.15, -0.1) is 0 Å². The molecular weight excluding hydrogens is 504 g/mol. The number of hydrogen-bond donors (Lipinski definition) is 0. The smallest absolute Gasteiger partial charge is 0.338 e. The van der Waals surface area contributed by atoms with Crippen LogP contribution in [0.3, 0.4) is 0 Å². The van der Waals surface area contributed by atoms with E-state index in [0.29, 0.717) is 19.8 Å². The van der Waals surface area contributed by atoms with Crippen LogP contribution in [0.15, 0.2) is 121 Å². The van der Waals surface area contributed by atoms with E-state index in [1.165, 1.54) is 0 Å². The molecule has 4 atom stereocenters. The lowest BCUT2D eigenvalue weighted by Crippen LogP contribution is -2.59. The van der Waals surface area contributed by atoms with E-state index in [1.807, 2.05) is 121 Å². The molecule has 4 aromatic carbocycles. The molecule has 0 radical (unpaired) electrons. The number of hydrogen-bond acceptors (Lipinski definition) is 6. The summed E-state index contributed by atoms with van der Waals surface area (Å²) in [5, 5.41) is 0. The van der Waals surface area contributed by atoms with Crippen molar-refractivity contribution in [3.05, 3.63) is 144 Å². The van der Waals surface area contributed by atoms with Crippen molar-refractivity contribution < 1.29 is 28.5 Å². The molecular formula is C34H34O6. The molecule has 0 aliphatic carbocycles. The van der Waals surface area contributed by atoms with Crippen molar-refractivity contribution in [1.29, 1.82) is 0 Å². The molecule has 206 valence electrons. The van der Waals surface area contributed by atoms with E-state index in [9.17, 15) is 4.79 Å². The van der Waals surface area contributed by atoms with E-state index in [-0.39, 0.29) is 13.2 Å². The summed E-state index contributed by atoms with van der Waals surface area (Å²) < 4.78 is 31.0. The van der Waals surface area contributed by atoms with Gasteiger partial charge in [0, 0.05) is 0 Å². The minimum Gasteiger partial charge on any atom is -0.455 e. The van der Waals surface area contributed by atoms with Crippen LogP contribution in [-0.4, -0.2) is 37.0 Å². The van der Waals surface area contributed by atoms with Gasteiger partial charge < -0.3 is 23.7 Å². The third-order valence-electron chi connectivity index (χ3n) is 6.73. The monoisotopic (exact) mass is 538 g/mol. The van der Waals surface area contributed by atoms with Crippen molar-refractivity contribution in [1.82, 2.24) is 0 Å². The first-order valence-electron chi connectivity index (χ1n) is 13.5. The number of cyclic esters (lactones) is 1. The standard InChI is InChI=1S/C34H34O6/c35-34-33(39-24-29-19-11-4-12-20-29)32(38-23-28-17-9-3-10-18-28)31(37-22-27-15-7-2-8-16-27)30(40-34)25-36-21-26-13-5-1-6-14-26/h1-20,30-33H,21-25H2/t30-,31+,32+,33-/m1/s1. The van der Waals surface area contributed by atoms with Gasteiger partial charge in [0.25, 0.3) is 0 Å². The third kappa shape index (κ3) is 7.87. The predicted molar refractivity (Wildman–Crippen MR) is 151 cm³/mol. The van der Waals surface area contributed by atoms with E-state index >= 15 is 0 Å². The molecule has 0 saturated carbocycles. The lowest BCUT2D eigenvalue weighted by atomic mass is 9.98. The highest BCUT2D eigenvalue weighted by Crippen LogP contribution is 2.28. The predicted octanol–water partition coefficient (Wildman–Crippen LogP) is 5.88. The first-order valence-corrected chi connectivity index (χ1v) is 13.5. The van der Waals surface area contributed by atoms with Crippen molar-refractivity contribution in [3.8, 4) is 0 Å². The van der Waals surface area contributed by atoms with Crippen LogP contribution in [-0.2, 0) is 54.9 Å². The molecule has 40 heavy (non-hydrogen) atoms. The van der Waals surface area contributed by atoms with Gasteiger partial charge >= 0.3 is 5.97 Å². The van der Waals surface area contributed by atoms with Crippen molar-refractivity contribution in [3.63, 3.8) is 0 Å². The van der Waals surface area contributed by atoms with Gasteiger partial charge in [0.1, 0.15) is 12.2 Å². The van der Waals surface area contributed by atoms with E-state index < -0.39 is 30.4 Å². The largest absolute Gasteiger partial charge is 0.455 e. The minimum absolute atomic E-state index is 0.163. The second-order valence-corrected chi connectivity index (χ2v) is 9.72. The Hall–Kier alpha value is -3.81. The summed E-state index contributed by atoms with van der Waals surface area (Å²) in [6, 6.07) is 39.4. The van der Waals surface area contributed by atoms with E-state index in [2.05, 4.69) is 0 Å². The van der Waals surface area contributed by atoms with Gasteiger partial charge in [-0.3, -0.25) is 0 Å². The van der Waals surface area contributed by atoms with Crippen molar-refractivity contribution in [2.45, 2.75) is 50.8 Å². The first kappa shape index (κ1) is 27.7. The first-order chi connectivity index (χ1) is 19.8. The molecule has 1 heterocycles. The van der Waals surface area contributed by atoms with E-state index in [4.69, 9.17) is 23.7 Å². The number of benzene rings is 4. The normalized spacial score (nSPS) is 20.6. The zero-order chi connectivity index (χ0) is 27.4. The summed E-state index contributed by atoms with van der Waals surface area (Å²) >= 11 is 0. The zero-order valence-electron chi connectivity index (χ0n) is 22.3. The summed E-state index contributed by atoms with van der Waals surface area (Å²) in [5.41, 5.74) is 3.98. The number of carbonyl (C=O) groups excluding carboxylic acids is 1. The molecule has 6 heteroatoms. The van der Waals surface area contributed by atoms with Crippen molar-refractivity contribution in [2.24, 2.45) is 0 Å². The molecule has 0 aromatic heterocycles. The summed E-state index contributed by atoms with van der Waals surface area (Å²) in [4.78, 5) is 13.4. The summed E-state index contributed by atoms with van der Waals surface area (Å²) in [7, 11) is 0. The average molecular weight is 539 g/mol. The Balaban J connectivity index is 1.36. The third-order valence-corrected chi connectivity index (χ3v) is 6.73. The molecule has 4 aromatic rings. The van der Waals surface area contributed by atoms with Gasteiger partial charge in [0.15, 0.2) is 12.2 Å². The highest BCUT2D eigenvalue weighted by atomic mass is 16.6. The van der Waals surface area contributed by atoms with Crippen molar-refractivity contribution >= 4 is 5.97 Å². The maximum absolute atomic E-state index is 13.4. The fourth-order valence-corrected chi connectivity index (χ4v) is 4.64. The second kappa shape index (κ2) is 14.5. The van der Waals surface area contributed by atoms with Crippen LogP contribution in [0.4, 0.5) is 0 Å². The van der Waals surface area contributed by atoms with E-state index in [1.54, 1.807) is 0 Å². The summed E-state index contributed by atoms with van der Waals surface area (Å²) in [6.07, 6.45) is -2.95. The molecule has 6 nitrogen and oxygen atoms in total. The molecule has 0 bridgehead atoms. The highest BCUT2D eigenvalue weighted by molar-refractivity contribution is 5.77. The lowest BCUT2D eigenvalue weighted by molar-refractivity contribution is -0.239. The fraction of sp³-hybridized carbons (Fsp3) is 0.265. The van der Waals surface area contributed by atoms with Crippen LogP contribution in [0.2, 0.25) is 0 Å². The molecule has 0 amide bonds.